The van der Waals surface area contributed by atoms with Crippen LogP contribution in [-0.2, 0) is 14.3 Å². The number of alkyl carbamates (subject to hydrolysis) is 1. The van der Waals surface area contributed by atoms with E-state index in [9.17, 15) is 14.4 Å². The second kappa shape index (κ2) is 5.51. The Morgan fingerprint density at radius 2 is 2.12 bits per heavy atom. The summed E-state index contributed by atoms with van der Waals surface area (Å²) in [6.07, 6.45) is 0.0586. The smallest absolute Gasteiger partial charge is 0.407 e. The maximum atomic E-state index is 11.7. The number of carboxylic acid groups (broad SMARTS) is 1. The number of hydrogen-bond acceptors (Lipinski definition) is 4. The second-order valence-corrected chi connectivity index (χ2v) is 3.97. The Morgan fingerprint density at radius 1 is 1.47 bits per heavy atom. The van der Waals surface area contributed by atoms with E-state index in [1.807, 2.05) is 0 Å². The minimum absolute atomic E-state index is 0.174. The fraction of sp³-hybridized carbons (Fsp3) is 0.700. The minimum Gasteiger partial charge on any atom is -0.481 e. The molecule has 2 atom stereocenters. The molecule has 1 fully saturated rings. The van der Waals surface area contributed by atoms with Crippen LogP contribution >= 0.6 is 0 Å². The van der Waals surface area contributed by atoms with Gasteiger partial charge in [0, 0.05) is 13.1 Å². The normalized spacial score (nSPS) is 20.8. The SMILES string of the molecule is COC(=O)NC1CCN(C(=O)C(C)C(=O)O)C1. The van der Waals surface area contributed by atoms with Crippen LogP contribution in [0, 0.1) is 5.92 Å². The van der Waals surface area contributed by atoms with Gasteiger partial charge < -0.3 is 20.1 Å². The molecular weight excluding hydrogens is 228 g/mol. The molecule has 1 saturated heterocycles. The van der Waals surface area contributed by atoms with E-state index in [-0.39, 0.29) is 6.04 Å². The summed E-state index contributed by atoms with van der Waals surface area (Å²) < 4.78 is 4.45. The van der Waals surface area contributed by atoms with Gasteiger partial charge in [0.1, 0.15) is 5.92 Å². The third-order valence-corrected chi connectivity index (χ3v) is 2.75. The van der Waals surface area contributed by atoms with Crippen molar-refractivity contribution in [3.8, 4) is 0 Å². The largest absolute Gasteiger partial charge is 0.481 e. The van der Waals surface area contributed by atoms with Crippen LogP contribution in [0.15, 0.2) is 0 Å². The highest BCUT2D eigenvalue weighted by molar-refractivity contribution is 5.96. The molecule has 0 saturated carbocycles. The molecular formula is C10H16N2O5. The van der Waals surface area contributed by atoms with E-state index in [1.54, 1.807) is 0 Å². The first-order valence-corrected chi connectivity index (χ1v) is 5.31. The van der Waals surface area contributed by atoms with Crippen molar-refractivity contribution in [3.63, 3.8) is 0 Å². The van der Waals surface area contributed by atoms with Crippen LogP contribution in [0.5, 0.6) is 0 Å². The van der Waals surface area contributed by atoms with E-state index in [0.717, 1.165) is 0 Å². The number of nitrogens with zero attached hydrogens (tertiary/aromatic N) is 1. The molecule has 0 aliphatic carbocycles. The molecule has 2 amide bonds. The molecule has 0 aromatic carbocycles. The van der Waals surface area contributed by atoms with Crippen LogP contribution in [0.1, 0.15) is 13.3 Å². The summed E-state index contributed by atoms with van der Waals surface area (Å²) in [6.45, 7) is 2.13. The van der Waals surface area contributed by atoms with E-state index in [0.29, 0.717) is 19.5 Å². The van der Waals surface area contributed by atoms with E-state index < -0.39 is 23.9 Å². The predicted octanol–water partition coefficient (Wildman–Crippen LogP) is -0.336. The molecule has 0 spiro atoms. The summed E-state index contributed by atoms with van der Waals surface area (Å²) >= 11 is 0. The van der Waals surface area contributed by atoms with Gasteiger partial charge in [0.2, 0.25) is 5.91 Å². The van der Waals surface area contributed by atoms with E-state index >= 15 is 0 Å². The summed E-state index contributed by atoms with van der Waals surface area (Å²) in [6, 6.07) is -0.174. The third kappa shape index (κ3) is 3.33. The average Bonchev–Trinajstić information content (AvgIpc) is 2.75. The average molecular weight is 244 g/mol. The first kappa shape index (κ1) is 13.3. The van der Waals surface area contributed by atoms with Crippen LogP contribution in [0.25, 0.3) is 0 Å². The molecule has 2 unspecified atom stereocenters. The maximum absolute atomic E-state index is 11.7. The Balaban J connectivity index is 2.47. The zero-order valence-corrected chi connectivity index (χ0v) is 9.80. The molecule has 1 aliphatic rings. The number of carbonyl (C=O) groups is 3. The van der Waals surface area contributed by atoms with Crippen molar-refractivity contribution < 1.29 is 24.2 Å². The molecule has 0 aromatic heterocycles. The second-order valence-electron chi connectivity index (χ2n) is 3.97. The number of methoxy groups -OCH3 is 1. The quantitative estimate of drug-likeness (QED) is 0.662. The lowest BCUT2D eigenvalue weighted by molar-refractivity contribution is -0.149. The molecule has 0 aromatic rings. The standard InChI is InChI=1S/C10H16N2O5/c1-6(9(14)15)8(13)12-4-3-7(5-12)11-10(16)17-2/h6-7H,3-5H2,1-2H3,(H,11,16)(H,14,15). The van der Waals surface area contributed by atoms with Gasteiger partial charge in [0.15, 0.2) is 0 Å². The van der Waals surface area contributed by atoms with E-state index in [2.05, 4.69) is 10.1 Å². The number of rotatable bonds is 3. The highest BCUT2D eigenvalue weighted by atomic mass is 16.5. The molecule has 7 heteroatoms. The lowest BCUT2D eigenvalue weighted by Crippen LogP contribution is -2.41. The number of amides is 2. The van der Waals surface area contributed by atoms with Gasteiger partial charge in [-0.2, -0.15) is 0 Å². The molecule has 96 valence electrons. The van der Waals surface area contributed by atoms with Crippen LogP contribution in [0.2, 0.25) is 0 Å². The fourth-order valence-electron chi connectivity index (χ4n) is 1.68. The van der Waals surface area contributed by atoms with Crippen molar-refractivity contribution >= 4 is 18.0 Å². The summed E-state index contributed by atoms with van der Waals surface area (Å²) in [5, 5.41) is 11.3. The van der Waals surface area contributed by atoms with Gasteiger partial charge in [-0.05, 0) is 13.3 Å². The van der Waals surface area contributed by atoms with Crippen LogP contribution in [-0.4, -0.2) is 54.2 Å². The topological polar surface area (TPSA) is 95.9 Å². The molecule has 17 heavy (non-hydrogen) atoms. The van der Waals surface area contributed by atoms with Crippen molar-refractivity contribution in [2.75, 3.05) is 20.2 Å². The summed E-state index contributed by atoms with van der Waals surface area (Å²) in [4.78, 5) is 34.8. The van der Waals surface area contributed by atoms with Gasteiger partial charge in [-0.25, -0.2) is 4.79 Å². The number of hydrogen-bond donors (Lipinski definition) is 2. The minimum atomic E-state index is -1.14. The molecule has 1 aliphatic heterocycles. The zero-order chi connectivity index (χ0) is 13.0. The zero-order valence-electron chi connectivity index (χ0n) is 9.80. The lowest BCUT2D eigenvalue weighted by Gasteiger charge is -2.18. The number of carbonyl (C=O) groups excluding carboxylic acids is 2. The molecule has 1 heterocycles. The Labute approximate surface area is 98.7 Å². The highest BCUT2D eigenvalue weighted by Gasteiger charge is 2.32. The molecule has 0 radical (unpaired) electrons. The summed E-state index contributed by atoms with van der Waals surface area (Å²) in [7, 11) is 1.26. The van der Waals surface area contributed by atoms with Crippen molar-refractivity contribution in [2.24, 2.45) is 5.92 Å². The molecule has 1 rings (SSSR count). The van der Waals surface area contributed by atoms with Gasteiger partial charge in [0.05, 0.1) is 13.2 Å². The summed E-state index contributed by atoms with van der Waals surface area (Å²) in [5.41, 5.74) is 0. The highest BCUT2D eigenvalue weighted by Crippen LogP contribution is 2.13. The maximum Gasteiger partial charge on any atom is 0.407 e. The van der Waals surface area contributed by atoms with Crippen LogP contribution in [0.4, 0.5) is 4.79 Å². The monoisotopic (exact) mass is 244 g/mol. The number of likely N-dealkylation sites (tertiary alicyclic amines) is 1. The van der Waals surface area contributed by atoms with E-state index in [4.69, 9.17) is 5.11 Å². The fourth-order valence-corrected chi connectivity index (χ4v) is 1.68. The molecule has 7 nitrogen and oxygen atoms in total. The van der Waals surface area contributed by atoms with Crippen molar-refractivity contribution in [2.45, 2.75) is 19.4 Å². The van der Waals surface area contributed by atoms with E-state index in [1.165, 1.54) is 18.9 Å². The van der Waals surface area contributed by atoms with Gasteiger partial charge >= 0.3 is 12.1 Å². The predicted molar refractivity (Wildman–Crippen MR) is 57.3 cm³/mol. The third-order valence-electron chi connectivity index (χ3n) is 2.75. The number of aliphatic carboxylic acids is 1. The van der Waals surface area contributed by atoms with Crippen molar-refractivity contribution in [3.05, 3.63) is 0 Å². The van der Waals surface area contributed by atoms with Gasteiger partial charge in [-0.15, -0.1) is 0 Å². The number of carboxylic acids is 1. The van der Waals surface area contributed by atoms with Crippen LogP contribution < -0.4 is 5.32 Å². The first-order valence-electron chi connectivity index (χ1n) is 5.31. The Bertz CT molecular complexity index is 331. The molecule has 2 N–H and O–H groups in total. The Morgan fingerprint density at radius 3 is 2.65 bits per heavy atom. The lowest BCUT2D eigenvalue weighted by atomic mass is 10.1. The van der Waals surface area contributed by atoms with Crippen molar-refractivity contribution in [1.29, 1.82) is 0 Å². The van der Waals surface area contributed by atoms with Gasteiger partial charge in [-0.3, -0.25) is 9.59 Å². The van der Waals surface area contributed by atoms with Crippen molar-refractivity contribution in [1.82, 2.24) is 10.2 Å². The summed E-state index contributed by atoms with van der Waals surface area (Å²) in [5.74, 6) is -2.61. The Hall–Kier alpha value is -1.79. The molecule has 0 bridgehead atoms. The van der Waals surface area contributed by atoms with Gasteiger partial charge in [0.25, 0.3) is 0 Å². The number of nitrogens with one attached hydrogen (secondary N) is 1. The van der Waals surface area contributed by atoms with Gasteiger partial charge in [-0.1, -0.05) is 0 Å². The number of ether oxygens (including phenoxy) is 1. The Kier molecular flexibility index (Phi) is 4.30. The first-order chi connectivity index (χ1) is 7.95. The van der Waals surface area contributed by atoms with Crippen LogP contribution in [0.3, 0.4) is 0 Å².